The van der Waals surface area contributed by atoms with Crippen molar-refractivity contribution in [2.75, 3.05) is 0 Å². The highest BCUT2D eigenvalue weighted by Crippen LogP contribution is 2.22. The van der Waals surface area contributed by atoms with Crippen molar-refractivity contribution in [3.05, 3.63) is 52.8 Å². The van der Waals surface area contributed by atoms with Crippen LogP contribution < -0.4 is 5.56 Å². The molecule has 2 aromatic rings. The summed E-state index contributed by atoms with van der Waals surface area (Å²) in [5.41, 5.74) is -0.0477. The molecule has 0 atom stereocenters. The van der Waals surface area contributed by atoms with E-state index in [9.17, 15) is 19.7 Å². The molecule has 1 N–H and O–H groups in total. The lowest BCUT2D eigenvalue weighted by molar-refractivity contribution is -0.386. The summed E-state index contributed by atoms with van der Waals surface area (Å²) in [6.07, 6.45) is 1.13. The highest BCUT2D eigenvalue weighted by Gasteiger charge is 2.19. The molecule has 0 aliphatic heterocycles. The maximum Gasteiger partial charge on any atom is 0.365 e. The lowest BCUT2D eigenvalue weighted by atomic mass is 10.2. The number of carbonyl (C=O) groups is 1. The molecule has 0 spiro atoms. The predicted molar refractivity (Wildman–Crippen MR) is 78.0 cm³/mol. The first-order valence-corrected chi connectivity index (χ1v) is 7.20. The molecule has 10 heteroatoms. The number of aromatic carboxylic acids is 1. The van der Waals surface area contributed by atoms with Gasteiger partial charge in [-0.3, -0.25) is 14.9 Å². The van der Waals surface area contributed by atoms with E-state index in [4.69, 9.17) is 5.11 Å². The van der Waals surface area contributed by atoms with Crippen molar-refractivity contribution in [3.63, 3.8) is 0 Å². The number of hydrogen-bond donors (Lipinski definition) is 1. The summed E-state index contributed by atoms with van der Waals surface area (Å²) in [7, 11) is 0. The zero-order chi connectivity index (χ0) is 15.7. The van der Waals surface area contributed by atoms with E-state index in [0.29, 0.717) is 5.69 Å². The fraction of sp³-hybridized carbons (Fsp3) is 0.182. The van der Waals surface area contributed by atoms with Gasteiger partial charge in [-0.05, 0) is 22.9 Å². The van der Waals surface area contributed by atoms with Crippen LogP contribution in [0, 0.1) is 17.0 Å². The van der Waals surface area contributed by atoms with E-state index in [-0.39, 0.29) is 27.3 Å². The molecule has 2 aromatic heterocycles. The second kappa shape index (κ2) is 5.74. The molecule has 21 heavy (non-hydrogen) atoms. The van der Waals surface area contributed by atoms with E-state index in [2.05, 4.69) is 20.9 Å². The van der Waals surface area contributed by atoms with Crippen LogP contribution in [-0.2, 0) is 6.54 Å². The van der Waals surface area contributed by atoms with Crippen LogP contribution in [0.2, 0.25) is 0 Å². The van der Waals surface area contributed by atoms with Gasteiger partial charge < -0.3 is 9.67 Å². The normalized spacial score (nSPS) is 10.6. The lowest BCUT2D eigenvalue weighted by Gasteiger charge is -2.07. The van der Waals surface area contributed by atoms with Crippen molar-refractivity contribution in [2.24, 2.45) is 0 Å². The molecular weight excluding hydrogens is 366 g/mol. The number of carboxylic acids is 1. The first-order valence-electron chi connectivity index (χ1n) is 5.53. The summed E-state index contributed by atoms with van der Waals surface area (Å²) in [4.78, 5) is 37.0. The Hall–Kier alpha value is -2.07. The van der Waals surface area contributed by atoms with Gasteiger partial charge in [0.2, 0.25) is 5.01 Å². The maximum absolute atomic E-state index is 12.1. The topological polar surface area (TPSA) is 115 Å². The standard InChI is InChI=1S/C11H8BrN3O5S/c1-5-7(15(19)20)3-14(10(16)8(5)12)2-6-4-21-9(13-6)11(17)18/h3-4H,2H2,1H3,(H,17,18). The van der Waals surface area contributed by atoms with Crippen molar-refractivity contribution in [1.29, 1.82) is 0 Å². The number of pyridine rings is 1. The molecular formula is C11H8BrN3O5S. The van der Waals surface area contributed by atoms with E-state index in [1.54, 1.807) is 0 Å². The minimum Gasteiger partial charge on any atom is -0.476 e. The van der Waals surface area contributed by atoms with Gasteiger partial charge in [-0.1, -0.05) is 0 Å². The first kappa shape index (κ1) is 15.3. The summed E-state index contributed by atoms with van der Waals surface area (Å²) in [5, 5.41) is 21.2. The largest absolute Gasteiger partial charge is 0.476 e. The van der Waals surface area contributed by atoms with Crippen LogP contribution in [-0.4, -0.2) is 25.6 Å². The molecule has 110 valence electrons. The van der Waals surface area contributed by atoms with Crippen LogP contribution in [0.3, 0.4) is 0 Å². The SMILES string of the molecule is Cc1c([N+](=O)[O-])cn(Cc2csc(C(=O)O)n2)c(=O)c1Br. The monoisotopic (exact) mass is 373 g/mol. The molecule has 0 aliphatic rings. The summed E-state index contributed by atoms with van der Waals surface area (Å²) < 4.78 is 1.22. The Kier molecular flexibility index (Phi) is 4.19. The predicted octanol–water partition coefficient (Wildman–Crippen LogP) is 2.03. The molecule has 0 aliphatic carbocycles. The molecule has 0 radical (unpaired) electrons. The molecule has 0 bridgehead atoms. The Morgan fingerprint density at radius 3 is 2.81 bits per heavy atom. The molecule has 0 unspecified atom stereocenters. The summed E-state index contributed by atoms with van der Waals surface area (Å²) in [6.45, 7) is 1.43. The molecule has 8 nitrogen and oxygen atoms in total. The molecule has 0 saturated carbocycles. The van der Waals surface area contributed by atoms with Gasteiger partial charge in [0.25, 0.3) is 11.2 Å². The smallest absolute Gasteiger partial charge is 0.365 e. The summed E-state index contributed by atoms with van der Waals surface area (Å²) in [5.74, 6) is -1.16. The average Bonchev–Trinajstić information content (AvgIpc) is 2.88. The molecule has 2 rings (SSSR count). The Balaban J connectivity index is 2.46. The number of carboxylic acid groups (broad SMARTS) is 1. The van der Waals surface area contributed by atoms with Gasteiger partial charge >= 0.3 is 5.97 Å². The quantitative estimate of drug-likeness (QED) is 0.647. The highest BCUT2D eigenvalue weighted by molar-refractivity contribution is 9.10. The Bertz CT molecular complexity index is 798. The van der Waals surface area contributed by atoms with Crippen LogP contribution in [0.25, 0.3) is 0 Å². The Labute approximate surface area is 130 Å². The fourth-order valence-corrected chi connectivity index (χ4v) is 2.73. The molecule has 0 fully saturated rings. The number of aromatic nitrogens is 2. The minimum absolute atomic E-state index is 0.0394. The van der Waals surface area contributed by atoms with Crippen LogP contribution in [0.15, 0.2) is 20.8 Å². The van der Waals surface area contributed by atoms with Gasteiger partial charge in [-0.25, -0.2) is 9.78 Å². The third kappa shape index (κ3) is 3.00. The second-order valence-electron chi connectivity index (χ2n) is 4.09. The average molecular weight is 374 g/mol. The zero-order valence-corrected chi connectivity index (χ0v) is 13.0. The van der Waals surface area contributed by atoms with Gasteiger partial charge in [0, 0.05) is 10.9 Å². The van der Waals surface area contributed by atoms with Crippen LogP contribution in [0.4, 0.5) is 5.69 Å². The third-order valence-corrected chi connectivity index (χ3v) is 4.52. The number of halogens is 1. The van der Waals surface area contributed by atoms with Crippen LogP contribution >= 0.6 is 27.3 Å². The van der Waals surface area contributed by atoms with Gasteiger partial charge in [0.05, 0.1) is 27.8 Å². The van der Waals surface area contributed by atoms with E-state index >= 15 is 0 Å². The number of nitrogens with zero attached hydrogens (tertiary/aromatic N) is 3. The Morgan fingerprint density at radius 1 is 1.62 bits per heavy atom. The van der Waals surface area contributed by atoms with Crippen molar-refractivity contribution in [2.45, 2.75) is 13.5 Å². The van der Waals surface area contributed by atoms with E-state index in [1.807, 2.05) is 0 Å². The summed E-state index contributed by atoms with van der Waals surface area (Å²) in [6, 6.07) is 0. The second-order valence-corrected chi connectivity index (χ2v) is 5.74. The maximum atomic E-state index is 12.1. The van der Waals surface area contributed by atoms with E-state index < -0.39 is 16.5 Å². The fourth-order valence-electron chi connectivity index (χ4n) is 1.66. The molecule has 0 amide bonds. The van der Waals surface area contributed by atoms with E-state index in [1.165, 1.54) is 12.3 Å². The zero-order valence-electron chi connectivity index (χ0n) is 10.6. The summed E-state index contributed by atoms with van der Waals surface area (Å²) >= 11 is 3.97. The van der Waals surface area contributed by atoms with Crippen molar-refractivity contribution >= 4 is 38.9 Å². The lowest BCUT2D eigenvalue weighted by Crippen LogP contribution is -2.23. The molecule has 2 heterocycles. The molecule has 0 saturated heterocycles. The number of hydrogen-bond acceptors (Lipinski definition) is 6. The van der Waals surface area contributed by atoms with Crippen molar-refractivity contribution < 1.29 is 14.8 Å². The van der Waals surface area contributed by atoms with E-state index in [0.717, 1.165) is 22.1 Å². The number of nitro groups is 1. The third-order valence-electron chi connectivity index (χ3n) is 2.70. The van der Waals surface area contributed by atoms with Crippen LogP contribution in [0.5, 0.6) is 0 Å². The van der Waals surface area contributed by atoms with Crippen LogP contribution in [0.1, 0.15) is 21.1 Å². The van der Waals surface area contributed by atoms with Gasteiger partial charge in [0.1, 0.15) is 0 Å². The number of thiazole rings is 1. The van der Waals surface area contributed by atoms with Gasteiger partial charge in [0.15, 0.2) is 0 Å². The Morgan fingerprint density at radius 2 is 2.29 bits per heavy atom. The van der Waals surface area contributed by atoms with Crippen molar-refractivity contribution in [3.8, 4) is 0 Å². The highest BCUT2D eigenvalue weighted by atomic mass is 79.9. The minimum atomic E-state index is -1.16. The van der Waals surface area contributed by atoms with Crippen molar-refractivity contribution in [1.82, 2.24) is 9.55 Å². The number of rotatable bonds is 4. The van der Waals surface area contributed by atoms with Gasteiger partial charge in [-0.2, -0.15) is 0 Å². The van der Waals surface area contributed by atoms with Gasteiger partial charge in [-0.15, -0.1) is 11.3 Å². The molecule has 0 aromatic carbocycles. The first-order chi connectivity index (χ1) is 9.81.